The first kappa shape index (κ1) is 15.2. The molecule has 104 valence electrons. The van der Waals surface area contributed by atoms with Crippen LogP contribution in [0.3, 0.4) is 0 Å². The van der Waals surface area contributed by atoms with Crippen molar-refractivity contribution >= 4 is 0 Å². The van der Waals surface area contributed by atoms with Crippen LogP contribution in [0.5, 0.6) is 0 Å². The molecule has 0 radical (unpaired) electrons. The van der Waals surface area contributed by atoms with Gasteiger partial charge in [0, 0.05) is 13.0 Å². The normalized spacial score (nSPS) is 12.3. The molecule has 18 heavy (non-hydrogen) atoms. The third-order valence-electron chi connectivity index (χ3n) is 3.10. The summed E-state index contributed by atoms with van der Waals surface area (Å²) in [6.07, 6.45) is 3.83. The van der Waals surface area contributed by atoms with E-state index in [-0.39, 0.29) is 5.41 Å². The lowest BCUT2D eigenvalue weighted by atomic mass is 9.85. The summed E-state index contributed by atoms with van der Waals surface area (Å²) < 4.78 is 2.06. The average molecular weight is 252 g/mol. The van der Waals surface area contributed by atoms with E-state index in [0.717, 1.165) is 38.3 Å². The Morgan fingerprint density at radius 3 is 2.72 bits per heavy atom. The zero-order valence-corrected chi connectivity index (χ0v) is 12.5. The van der Waals surface area contributed by atoms with E-state index in [4.69, 9.17) is 0 Å². The van der Waals surface area contributed by atoms with Gasteiger partial charge in [-0.15, -0.1) is 0 Å². The maximum atomic E-state index is 4.41. The van der Waals surface area contributed by atoms with Crippen molar-refractivity contribution < 1.29 is 0 Å². The molecule has 0 aliphatic rings. The summed E-state index contributed by atoms with van der Waals surface area (Å²) in [6.45, 7) is 14.2. The number of rotatable bonds is 8. The van der Waals surface area contributed by atoms with Crippen LogP contribution in [0.2, 0.25) is 0 Å². The summed E-state index contributed by atoms with van der Waals surface area (Å²) in [5.41, 5.74) is 0.268. The fourth-order valence-corrected chi connectivity index (χ4v) is 2.04. The second kappa shape index (κ2) is 6.88. The molecule has 0 atom stereocenters. The fraction of sp³-hybridized carbons (Fsp3) is 0.857. The Labute approximate surface area is 111 Å². The van der Waals surface area contributed by atoms with Crippen LogP contribution < -0.4 is 5.32 Å². The van der Waals surface area contributed by atoms with Crippen molar-refractivity contribution in [1.82, 2.24) is 20.1 Å². The summed E-state index contributed by atoms with van der Waals surface area (Å²) in [7, 11) is 0. The molecule has 4 heteroatoms. The molecule has 1 aromatic rings. The van der Waals surface area contributed by atoms with Gasteiger partial charge in [0.25, 0.3) is 0 Å². The summed E-state index contributed by atoms with van der Waals surface area (Å²) in [6, 6.07) is 0. The summed E-state index contributed by atoms with van der Waals surface area (Å²) >= 11 is 0. The minimum atomic E-state index is 0.268. The molecule has 0 saturated heterocycles. The predicted octanol–water partition coefficient (Wildman–Crippen LogP) is 2.50. The number of nitrogens with zero attached hydrogens (tertiary/aromatic N) is 3. The summed E-state index contributed by atoms with van der Waals surface area (Å²) in [4.78, 5) is 4.41. The Morgan fingerprint density at radius 2 is 2.11 bits per heavy atom. The molecule has 0 aromatic carbocycles. The standard InChI is InChI=1S/C14H28N4/c1-6-15-8-7-14(4,5)9-13-16-11-17-18(13)10-12(2)3/h11-12,15H,6-10H2,1-5H3. The first-order valence-electron chi connectivity index (χ1n) is 7.02. The first-order valence-corrected chi connectivity index (χ1v) is 7.02. The van der Waals surface area contributed by atoms with Crippen LogP contribution in [-0.2, 0) is 13.0 Å². The van der Waals surface area contributed by atoms with Gasteiger partial charge in [-0.05, 0) is 30.8 Å². The highest BCUT2D eigenvalue weighted by molar-refractivity contribution is 4.91. The summed E-state index contributed by atoms with van der Waals surface area (Å²) in [5, 5.41) is 7.71. The van der Waals surface area contributed by atoms with Crippen LogP contribution in [-0.4, -0.2) is 27.9 Å². The van der Waals surface area contributed by atoms with E-state index in [9.17, 15) is 0 Å². The first-order chi connectivity index (χ1) is 8.44. The Kier molecular flexibility index (Phi) is 5.79. The molecule has 0 unspecified atom stereocenters. The van der Waals surface area contributed by atoms with Crippen molar-refractivity contribution in [3.63, 3.8) is 0 Å². The van der Waals surface area contributed by atoms with E-state index in [1.54, 1.807) is 6.33 Å². The van der Waals surface area contributed by atoms with E-state index in [2.05, 4.69) is 54.7 Å². The highest BCUT2D eigenvalue weighted by Crippen LogP contribution is 2.24. The molecule has 0 saturated carbocycles. The van der Waals surface area contributed by atoms with Gasteiger partial charge in [-0.3, -0.25) is 0 Å². The highest BCUT2D eigenvalue weighted by atomic mass is 15.3. The molecule has 1 heterocycles. The van der Waals surface area contributed by atoms with Gasteiger partial charge in [-0.25, -0.2) is 9.67 Å². The number of hydrogen-bond donors (Lipinski definition) is 1. The van der Waals surface area contributed by atoms with Gasteiger partial charge in [-0.2, -0.15) is 5.10 Å². The fourth-order valence-electron chi connectivity index (χ4n) is 2.04. The van der Waals surface area contributed by atoms with Gasteiger partial charge in [0.05, 0.1) is 0 Å². The van der Waals surface area contributed by atoms with Crippen molar-refractivity contribution in [2.75, 3.05) is 13.1 Å². The van der Waals surface area contributed by atoms with Crippen LogP contribution in [0, 0.1) is 11.3 Å². The summed E-state index contributed by atoms with van der Waals surface area (Å²) in [5.74, 6) is 1.72. The Balaban J connectivity index is 2.57. The minimum absolute atomic E-state index is 0.268. The Morgan fingerprint density at radius 1 is 1.39 bits per heavy atom. The van der Waals surface area contributed by atoms with Gasteiger partial charge in [0.2, 0.25) is 0 Å². The zero-order valence-electron chi connectivity index (χ0n) is 12.5. The number of nitrogens with one attached hydrogen (secondary N) is 1. The van der Waals surface area contributed by atoms with Crippen LogP contribution in [0.15, 0.2) is 6.33 Å². The lowest BCUT2D eigenvalue weighted by molar-refractivity contribution is 0.309. The molecule has 0 bridgehead atoms. The van der Waals surface area contributed by atoms with Crippen LogP contribution in [0.1, 0.15) is 46.9 Å². The van der Waals surface area contributed by atoms with Crippen molar-refractivity contribution in [2.45, 2.75) is 54.0 Å². The van der Waals surface area contributed by atoms with E-state index in [1.165, 1.54) is 0 Å². The lowest BCUT2D eigenvalue weighted by Gasteiger charge is -2.24. The predicted molar refractivity (Wildman–Crippen MR) is 75.5 cm³/mol. The molecule has 0 spiro atoms. The molecule has 4 nitrogen and oxygen atoms in total. The second-order valence-corrected chi connectivity index (χ2v) is 6.20. The quantitative estimate of drug-likeness (QED) is 0.723. The third kappa shape index (κ3) is 5.17. The van der Waals surface area contributed by atoms with Gasteiger partial charge in [0.15, 0.2) is 0 Å². The zero-order chi connectivity index (χ0) is 13.6. The number of hydrogen-bond acceptors (Lipinski definition) is 3. The number of aromatic nitrogens is 3. The molecule has 0 aliphatic carbocycles. The monoisotopic (exact) mass is 252 g/mol. The third-order valence-corrected chi connectivity index (χ3v) is 3.10. The molecule has 1 aromatic heterocycles. The van der Waals surface area contributed by atoms with Crippen LogP contribution in [0.25, 0.3) is 0 Å². The second-order valence-electron chi connectivity index (χ2n) is 6.20. The molecular formula is C14H28N4. The largest absolute Gasteiger partial charge is 0.317 e. The van der Waals surface area contributed by atoms with Crippen LogP contribution in [0.4, 0.5) is 0 Å². The molecule has 1 rings (SSSR count). The van der Waals surface area contributed by atoms with Crippen molar-refractivity contribution in [3.8, 4) is 0 Å². The van der Waals surface area contributed by atoms with Crippen LogP contribution >= 0.6 is 0 Å². The molecular weight excluding hydrogens is 224 g/mol. The maximum absolute atomic E-state index is 4.41. The molecule has 1 N–H and O–H groups in total. The smallest absolute Gasteiger partial charge is 0.138 e. The van der Waals surface area contributed by atoms with E-state index >= 15 is 0 Å². The molecule has 0 aliphatic heterocycles. The van der Waals surface area contributed by atoms with Gasteiger partial charge >= 0.3 is 0 Å². The van der Waals surface area contributed by atoms with Gasteiger partial charge in [0.1, 0.15) is 12.2 Å². The van der Waals surface area contributed by atoms with E-state index < -0.39 is 0 Å². The lowest BCUT2D eigenvalue weighted by Crippen LogP contribution is -2.25. The molecule has 0 fully saturated rings. The van der Waals surface area contributed by atoms with Crippen molar-refractivity contribution in [2.24, 2.45) is 11.3 Å². The van der Waals surface area contributed by atoms with E-state index in [0.29, 0.717) is 5.92 Å². The van der Waals surface area contributed by atoms with Gasteiger partial charge < -0.3 is 5.32 Å². The molecule has 0 amide bonds. The van der Waals surface area contributed by atoms with Crippen molar-refractivity contribution in [1.29, 1.82) is 0 Å². The SMILES string of the molecule is CCNCCC(C)(C)Cc1ncnn1CC(C)C. The van der Waals surface area contributed by atoms with Crippen molar-refractivity contribution in [3.05, 3.63) is 12.2 Å². The minimum Gasteiger partial charge on any atom is -0.317 e. The average Bonchev–Trinajstić information content (AvgIpc) is 2.64. The highest BCUT2D eigenvalue weighted by Gasteiger charge is 2.21. The van der Waals surface area contributed by atoms with E-state index in [1.807, 2.05) is 0 Å². The Hall–Kier alpha value is -0.900. The maximum Gasteiger partial charge on any atom is 0.138 e. The topological polar surface area (TPSA) is 42.7 Å². The Bertz CT molecular complexity index is 341. The van der Waals surface area contributed by atoms with Gasteiger partial charge in [-0.1, -0.05) is 34.6 Å².